The second-order valence-corrected chi connectivity index (χ2v) is 5.91. The number of thiophene rings is 1. The number of amides is 2. The van der Waals surface area contributed by atoms with E-state index < -0.39 is 17.8 Å². The maximum Gasteiger partial charge on any atom is 0.374 e. The fourth-order valence-corrected chi connectivity index (χ4v) is 3.59. The Bertz CT molecular complexity index is 718. The maximum atomic E-state index is 12.1. The standard InChI is InChI=1S/C14H9NO4S2/c1-20-10-6-7-21-11(10)14(18)19-15-12(16)8-4-2-3-5-9(8)13(15)17/h2-7H,1H3. The van der Waals surface area contributed by atoms with Crippen LogP contribution in [0.3, 0.4) is 0 Å². The van der Waals surface area contributed by atoms with Crippen LogP contribution in [0.15, 0.2) is 40.6 Å². The number of thioether (sulfide) groups is 1. The molecule has 21 heavy (non-hydrogen) atoms. The molecule has 0 radical (unpaired) electrons. The third-order valence-corrected chi connectivity index (χ3v) is 4.77. The molecule has 2 aromatic rings. The number of hydrogen-bond acceptors (Lipinski definition) is 6. The topological polar surface area (TPSA) is 63.7 Å². The zero-order chi connectivity index (χ0) is 15.0. The number of hydroxylamine groups is 2. The van der Waals surface area contributed by atoms with Crippen molar-refractivity contribution in [1.29, 1.82) is 0 Å². The molecule has 0 N–H and O–H groups in total. The molecule has 0 aliphatic carbocycles. The number of imide groups is 1. The normalized spacial score (nSPS) is 13.5. The molecule has 2 amide bonds. The van der Waals surface area contributed by atoms with Crippen LogP contribution in [0.2, 0.25) is 0 Å². The number of benzene rings is 1. The molecule has 0 unspecified atom stereocenters. The maximum absolute atomic E-state index is 12.1. The van der Waals surface area contributed by atoms with Gasteiger partial charge in [-0.05, 0) is 29.8 Å². The molecule has 0 bridgehead atoms. The summed E-state index contributed by atoms with van der Waals surface area (Å²) in [5, 5.41) is 2.28. The molecule has 0 spiro atoms. The molecule has 106 valence electrons. The van der Waals surface area contributed by atoms with E-state index in [2.05, 4.69) is 0 Å². The van der Waals surface area contributed by atoms with Gasteiger partial charge >= 0.3 is 5.97 Å². The van der Waals surface area contributed by atoms with E-state index in [-0.39, 0.29) is 11.1 Å². The minimum Gasteiger partial charge on any atom is -0.323 e. The van der Waals surface area contributed by atoms with E-state index in [9.17, 15) is 14.4 Å². The smallest absolute Gasteiger partial charge is 0.323 e. The van der Waals surface area contributed by atoms with Gasteiger partial charge in [-0.25, -0.2) is 4.79 Å². The van der Waals surface area contributed by atoms with Crippen molar-refractivity contribution in [3.63, 3.8) is 0 Å². The van der Waals surface area contributed by atoms with Crippen LogP contribution >= 0.6 is 23.1 Å². The van der Waals surface area contributed by atoms with Crippen molar-refractivity contribution in [3.05, 3.63) is 51.7 Å². The lowest BCUT2D eigenvalue weighted by molar-refractivity contribution is -0.0583. The number of fused-ring (bicyclic) bond motifs is 1. The molecule has 1 aromatic carbocycles. The monoisotopic (exact) mass is 319 g/mol. The van der Waals surface area contributed by atoms with Crippen molar-refractivity contribution in [2.24, 2.45) is 0 Å². The van der Waals surface area contributed by atoms with Gasteiger partial charge < -0.3 is 4.84 Å². The first-order valence-corrected chi connectivity index (χ1v) is 8.05. The van der Waals surface area contributed by atoms with Gasteiger partial charge in [0.25, 0.3) is 11.8 Å². The first-order valence-electron chi connectivity index (χ1n) is 5.95. The SMILES string of the molecule is CSc1ccsc1C(=O)ON1C(=O)c2ccccc2C1=O. The lowest BCUT2D eigenvalue weighted by Crippen LogP contribution is -2.32. The molecule has 0 saturated carbocycles. The largest absolute Gasteiger partial charge is 0.374 e. The fourth-order valence-electron chi connectivity index (χ4n) is 1.98. The van der Waals surface area contributed by atoms with Gasteiger partial charge in [-0.15, -0.1) is 23.1 Å². The lowest BCUT2D eigenvalue weighted by atomic mass is 10.1. The average molecular weight is 319 g/mol. The van der Waals surface area contributed by atoms with Crippen molar-refractivity contribution in [2.75, 3.05) is 6.26 Å². The highest BCUT2D eigenvalue weighted by Gasteiger charge is 2.39. The Morgan fingerprint density at radius 3 is 2.33 bits per heavy atom. The Morgan fingerprint density at radius 2 is 1.76 bits per heavy atom. The molecular formula is C14H9NO4S2. The van der Waals surface area contributed by atoms with Gasteiger partial charge in [-0.1, -0.05) is 17.2 Å². The number of rotatable bonds is 3. The van der Waals surface area contributed by atoms with Gasteiger partial charge in [0.05, 0.1) is 11.1 Å². The number of hydrogen-bond donors (Lipinski definition) is 0. The molecule has 1 aliphatic heterocycles. The van der Waals surface area contributed by atoms with E-state index in [1.54, 1.807) is 23.6 Å². The van der Waals surface area contributed by atoms with Gasteiger partial charge in [0.1, 0.15) is 4.88 Å². The second-order valence-electron chi connectivity index (χ2n) is 4.15. The van der Waals surface area contributed by atoms with Gasteiger partial charge in [0.2, 0.25) is 0 Å². The summed E-state index contributed by atoms with van der Waals surface area (Å²) in [5.41, 5.74) is 0.484. The molecular weight excluding hydrogens is 310 g/mol. The molecule has 0 atom stereocenters. The zero-order valence-corrected chi connectivity index (χ0v) is 12.5. The lowest BCUT2D eigenvalue weighted by Gasteiger charge is -2.12. The molecule has 7 heteroatoms. The average Bonchev–Trinajstić information content (AvgIpc) is 3.07. The van der Waals surface area contributed by atoms with Crippen LogP contribution in [0.5, 0.6) is 0 Å². The van der Waals surface area contributed by atoms with E-state index in [0.29, 0.717) is 9.94 Å². The van der Waals surface area contributed by atoms with Crippen molar-refractivity contribution in [3.8, 4) is 0 Å². The Kier molecular flexibility index (Phi) is 3.52. The highest BCUT2D eigenvalue weighted by Crippen LogP contribution is 2.28. The molecule has 2 heterocycles. The predicted molar refractivity (Wildman–Crippen MR) is 78.5 cm³/mol. The van der Waals surface area contributed by atoms with E-state index in [4.69, 9.17) is 4.84 Å². The molecule has 1 aliphatic rings. The van der Waals surface area contributed by atoms with Crippen LogP contribution in [0.25, 0.3) is 0 Å². The van der Waals surface area contributed by atoms with Crippen molar-refractivity contribution >= 4 is 40.9 Å². The number of carbonyl (C=O) groups excluding carboxylic acids is 3. The summed E-state index contributed by atoms with van der Waals surface area (Å²) in [6.07, 6.45) is 1.83. The van der Waals surface area contributed by atoms with Crippen LogP contribution in [0.1, 0.15) is 30.4 Å². The molecule has 0 saturated heterocycles. The Hall–Kier alpha value is -2.12. The van der Waals surface area contributed by atoms with E-state index in [1.165, 1.54) is 35.2 Å². The van der Waals surface area contributed by atoms with Gasteiger partial charge in [-0.2, -0.15) is 0 Å². The highest BCUT2D eigenvalue weighted by molar-refractivity contribution is 7.98. The minimum atomic E-state index is -0.705. The summed E-state index contributed by atoms with van der Waals surface area (Å²) in [6, 6.07) is 8.15. The van der Waals surface area contributed by atoms with Crippen LogP contribution in [-0.2, 0) is 4.84 Å². The summed E-state index contributed by atoms with van der Waals surface area (Å²) < 4.78 is 0. The van der Waals surface area contributed by atoms with Gasteiger partial charge in [0.15, 0.2) is 0 Å². The summed E-state index contributed by atoms with van der Waals surface area (Å²) in [5.74, 6) is -1.94. The van der Waals surface area contributed by atoms with Gasteiger partial charge in [-0.3, -0.25) is 9.59 Å². The number of nitrogens with zero attached hydrogens (tertiary/aromatic N) is 1. The van der Waals surface area contributed by atoms with Crippen LogP contribution in [0.4, 0.5) is 0 Å². The molecule has 3 rings (SSSR count). The van der Waals surface area contributed by atoms with Crippen LogP contribution in [0, 0.1) is 0 Å². The van der Waals surface area contributed by atoms with Crippen molar-refractivity contribution in [1.82, 2.24) is 5.06 Å². The third kappa shape index (κ3) is 2.24. The van der Waals surface area contributed by atoms with Crippen LogP contribution < -0.4 is 0 Å². The van der Waals surface area contributed by atoms with E-state index in [1.807, 2.05) is 6.26 Å². The second kappa shape index (κ2) is 5.34. The van der Waals surface area contributed by atoms with E-state index in [0.717, 1.165) is 4.90 Å². The molecule has 1 aromatic heterocycles. The van der Waals surface area contributed by atoms with E-state index >= 15 is 0 Å². The minimum absolute atomic E-state index is 0.242. The molecule has 5 nitrogen and oxygen atoms in total. The number of carbonyl (C=O) groups is 3. The summed E-state index contributed by atoms with van der Waals surface area (Å²) in [6.45, 7) is 0. The predicted octanol–water partition coefficient (Wildman–Crippen LogP) is 2.84. The zero-order valence-electron chi connectivity index (χ0n) is 10.9. The fraction of sp³-hybridized carbons (Fsp3) is 0.0714. The van der Waals surface area contributed by atoms with Crippen molar-refractivity contribution < 1.29 is 19.2 Å². The third-order valence-electron chi connectivity index (χ3n) is 2.97. The Morgan fingerprint density at radius 1 is 1.14 bits per heavy atom. The first-order chi connectivity index (χ1) is 10.1. The van der Waals surface area contributed by atoms with Crippen molar-refractivity contribution in [2.45, 2.75) is 4.90 Å². The Labute approximate surface area is 128 Å². The molecule has 0 fully saturated rings. The van der Waals surface area contributed by atoms with Gasteiger partial charge in [0, 0.05) is 4.90 Å². The van der Waals surface area contributed by atoms with Crippen LogP contribution in [-0.4, -0.2) is 29.1 Å². The summed E-state index contributed by atoms with van der Waals surface area (Å²) in [7, 11) is 0. The quantitative estimate of drug-likeness (QED) is 0.643. The Balaban J connectivity index is 1.86. The first kappa shape index (κ1) is 13.8. The summed E-state index contributed by atoms with van der Waals surface area (Å²) in [4.78, 5) is 42.4. The summed E-state index contributed by atoms with van der Waals surface area (Å²) >= 11 is 2.61. The highest BCUT2D eigenvalue weighted by atomic mass is 32.2.